The van der Waals surface area contributed by atoms with Crippen molar-refractivity contribution in [1.29, 1.82) is 0 Å². The van der Waals surface area contributed by atoms with Crippen LogP contribution in [-0.4, -0.2) is 24.3 Å². The Labute approximate surface area is 131 Å². The van der Waals surface area contributed by atoms with E-state index in [2.05, 4.69) is 15.0 Å². The van der Waals surface area contributed by atoms with Gasteiger partial charge in [-0.15, -0.1) is 0 Å². The van der Waals surface area contributed by atoms with Gasteiger partial charge in [-0.3, -0.25) is 14.5 Å². The maximum absolute atomic E-state index is 11.1. The molecular formula is C15H15N5O3. The molecule has 3 aromatic rings. The van der Waals surface area contributed by atoms with Crippen LogP contribution in [0.5, 0.6) is 5.88 Å². The van der Waals surface area contributed by atoms with E-state index in [1.54, 1.807) is 13.1 Å². The zero-order chi connectivity index (χ0) is 16.6. The fourth-order valence-electron chi connectivity index (χ4n) is 2.31. The Hall–Kier alpha value is -3.03. The highest BCUT2D eigenvalue weighted by molar-refractivity contribution is 5.42. The summed E-state index contributed by atoms with van der Waals surface area (Å²) in [5.74, 6) is 0.561. The van der Waals surface area contributed by atoms with E-state index in [0.29, 0.717) is 17.0 Å². The first-order valence-corrected chi connectivity index (χ1v) is 7.00. The minimum absolute atomic E-state index is 0.0153. The quantitative estimate of drug-likeness (QED) is 0.542. The fourth-order valence-corrected chi connectivity index (χ4v) is 2.31. The molecule has 0 atom stereocenters. The van der Waals surface area contributed by atoms with E-state index in [-0.39, 0.29) is 18.2 Å². The monoisotopic (exact) mass is 313 g/mol. The van der Waals surface area contributed by atoms with Gasteiger partial charge in [-0.05, 0) is 32.4 Å². The number of aryl methyl sites for hydroxylation is 3. The number of imidazole rings is 1. The third-order valence-corrected chi connectivity index (χ3v) is 3.33. The molecule has 118 valence electrons. The van der Waals surface area contributed by atoms with Gasteiger partial charge in [-0.25, -0.2) is 15.0 Å². The van der Waals surface area contributed by atoms with Gasteiger partial charge in [0.2, 0.25) is 5.78 Å². The lowest BCUT2D eigenvalue weighted by Crippen LogP contribution is -2.01. The van der Waals surface area contributed by atoms with Gasteiger partial charge in [-0.1, -0.05) is 0 Å². The normalized spacial score (nSPS) is 10.9. The molecule has 0 N–H and O–H groups in total. The molecule has 0 aliphatic rings. The Bertz CT molecular complexity index is 904. The molecule has 3 aromatic heterocycles. The van der Waals surface area contributed by atoms with Crippen molar-refractivity contribution >= 4 is 11.5 Å². The van der Waals surface area contributed by atoms with Gasteiger partial charge in [0.05, 0.1) is 10.6 Å². The van der Waals surface area contributed by atoms with E-state index in [9.17, 15) is 10.1 Å². The maximum atomic E-state index is 11.1. The number of pyridine rings is 1. The lowest BCUT2D eigenvalue weighted by Gasteiger charge is -2.04. The second kappa shape index (κ2) is 5.64. The number of ether oxygens (including phenoxy) is 1. The molecule has 0 saturated carbocycles. The molecule has 23 heavy (non-hydrogen) atoms. The summed E-state index contributed by atoms with van der Waals surface area (Å²) < 4.78 is 7.33. The van der Waals surface area contributed by atoms with Gasteiger partial charge in [0.15, 0.2) is 0 Å². The van der Waals surface area contributed by atoms with Crippen molar-refractivity contribution in [3.8, 4) is 5.88 Å². The molecule has 0 aromatic carbocycles. The Kier molecular flexibility index (Phi) is 3.65. The fraction of sp³-hybridized carbons (Fsp3) is 0.267. The lowest BCUT2D eigenvalue weighted by molar-refractivity contribution is -0.386. The van der Waals surface area contributed by atoms with Crippen molar-refractivity contribution in [1.82, 2.24) is 19.4 Å². The summed E-state index contributed by atoms with van der Waals surface area (Å²) >= 11 is 0. The topological polar surface area (TPSA) is 95.5 Å². The number of rotatable bonds is 4. The van der Waals surface area contributed by atoms with Crippen LogP contribution in [0.25, 0.3) is 5.78 Å². The number of aromatic nitrogens is 4. The molecule has 0 bridgehead atoms. The van der Waals surface area contributed by atoms with Crippen LogP contribution in [0.3, 0.4) is 0 Å². The van der Waals surface area contributed by atoms with Crippen LogP contribution in [0.2, 0.25) is 0 Å². The molecule has 0 aliphatic carbocycles. The first-order valence-electron chi connectivity index (χ1n) is 7.00. The van der Waals surface area contributed by atoms with Gasteiger partial charge in [0.25, 0.3) is 5.88 Å². The largest absolute Gasteiger partial charge is 0.466 e. The van der Waals surface area contributed by atoms with Gasteiger partial charge in [0, 0.05) is 29.8 Å². The Morgan fingerprint density at radius 1 is 1.26 bits per heavy atom. The van der Waals surface area contributed by atoms with Crippen molar-refractivity contribution in [3.63, 3.8) is 0 Å². The second-order valence-electron chi connectivity index (χ2n) is 5.32. The maximum Gasteiger partial charge on any atom is 0.331 e. The SMILES string of the molecule is Cc1cnc(OCc2cn3c(C)cc(C)nc3n2)c([N+](=O)[O-])c1. The van der Waals surface area contributed by atoms with E-state index in [0.717, 1.165) is 11.4 Å². The van der Waals surface area contributed by atoms with Crippen molar-refractivity contribution in [2.24, 2.45) is 0 Å². The standard InChI is InChI=1S/C15H15N5O3/c1-9-4-13(20(21)22)14(16-6-9)23-8-12-7-19-11(3)5-10(2)17-15(19)18-12/h4-7H,8H2,1-3H3. The number of fused-ring (bicyclic) bond motifs is 1. The minimum Gasteiger partial charge on any atom is -0.466 e. The van der Waals surface area contributed by atoms with Crippen LogP contribution in [0, 0.1) is 30.9 Å². The molecule has 3 heterocycles. The van der Waals surface area contributed by atoms with Crippen LogP contribution >= 0.6 is 0 Å². The Morgan fingerprint density at radius 3 is 2.78 bits per heavy atom. The molecule has 3 rings (SSSR count). The molecular weight excluding hydrogens is 298 g/mol. The van der Waals surface area contributed by atoms with E-state index < -0.39 is 4.92 Å². The molecule has 0 radical (unpaired) electrons. The van der Waals surface area contributed by atoms with Gasteiger partial charge in [-0.2, -0.15) is 0 Å². The number of hydrogen-bond acceptors (Lipinski definition) is 6. The Morgan fingerprint density at radius 2 is 2.04 bits per heavy atom. The molecule has 0 aliphatic heterocycles. The molecule has 0 saturated heterocycles. The van der Waals surface area contributed by atoms with Crippen molar-refractivity contribution in [2.45, 2.75) is 27.4 Å². The highest BCUT2D eigenvalue weighted by atomic mass is 16.6. The van der Waals surface area contributed by atoms with Gasteiger partial charge >= 0.3 is 5.69 Å². The first kappa shape index (κ1) is 14.9. The van der Waals surface area contributed by atoms with E-state index in [1.165, 1.54) is 12.3 Å². The predicted molar refractivity (Wildman–Crippen MR) is 82.4 cm³/mol. The highest BCUT2D eigenvalue weighted by Crippen LogP contribution is 2.25. The Balaban J connectivity index is 1.87. The summed E-state index contributed by atoms with van der Waals surface area (Å²) in [7, 11) is 0. The van der Waals surface area contributed by atoms with Crippen molar-refractivity contribution < 1.29 is 9.66 Å². The van der Waals surface area contributed by atoms with Crippen LogP contribution < -0.4 is 4.74 Å². The van der Waals surface area contributed by atoms with Crippen molar-refractivity contribution in [2.75, 3.05) is 0 Å². The van der Waals surface area contributed by atoms with Crippen LogP contribution in [0.4, 0.5) is 5.69 Å². The van der Waals surface area contributed by atoms with Gasteiger partial charge in [0.1, 0.15) is 6.61 Å². The van der Waals surface area contributed by atoms with Crippen LogP contribution in [0.15, 0.2) is 24.5 Å². The molecule has 0 amide bonds. The zero-order valence-electron chi connectivity index (χ0n) is 13.0. The van der Waals surface area contributed by atoms with E-state index in [4.69, 9.17) is 4.74 Å². The number of hydrogen-bond donors (Lipinski definition) is 0. The van der Waals surface area contributed by atoms with Gasteiger partial charge < -0.3 is 4.74 Å². The number of nitrogens with zero attached hydrogens (tertiary/aromatic N) is 5. The smallest absolute Gasteiger partial charge is 0.331 e. The summed E-state index contributed by atoms with van der Waals surface area (Å²) in [6.45, 7) is 5.68. The number of nitro groups is 1. The predicted octanol–water partition coefficient (Wildman–Crippen LogP) is 2.54. The third kappa shape index (κ3) is 2.96. The van der Waals surface area contributed by atoms with Crippen LogP contribution in [-0.2, 0) is 6.61 Å². The molecule has 0 spiro atoms. The molecule has 0 fully saturated rings. The lowest BCUT2D eigenvalue weighted by atomic mass is 10.3. The summed E-state index contributed by atoms with van der Waals surface area (Å²) in [5, 5.41) is 11.1. The molecule has 8 heteroatoms. The van der Waals surface area contributed by atoms with E-state index in [1.807, 2.05) is 24.3 Å². The summed E-state index contributed by atoms with van der Waals surface area (Å²) in [4.78, 5) is 23.3. The minimum atomic E-state index is -0.506. The highest BCUT2D eigenvalue weighted by Gasteiger charge is 2.17. The summed E-state index contributed by atoms with van der Waals surface area (Å²) in [6.07, 6.45) is 3.33. The molecule has 8 nitrogen and oxygen atoms in total. The molecule has 0 unspecified atom stereocenters. The van der Waals surface area contributed by atoms with Crippen molar-refractivity contribution in [3.05, 3.63) is 57.3 Å². The third-order valence-electron chi connectivity index (χ3n) is 3.33. The summed E-state index contributed by atoms with van der Waals surface area (Å²) in [6, 6.07) is 3.38. The van der Waals surface area contributed by atoms with E-state index >= 15 is 0 Å². The zero-order valence-corrected chi connectivity index (χ0v) is 13.0. The first-order chi connectivity index (χ1) is 10.9. The second-order valence-corrected chi connectivity index (χ2v) is 5.32. The average molecular weight is 313 g/mol. The average Bonchev–Trinajstić information content (AvgIpc) is 2.89. The van der Waals surface area contributed by atoms with Crippen LogP contribution in [0.1, 0.15) is 22.6 Å². The summed E-state index contributed by atoms with van der Waals surface area (Å²) in [5.41, 5.74) is 3.06.